The van der Waals surface area contributed by atoms with Gasteiger partial charge in [0.05, 0.1) is 19.0 Å². The van der Waals surface area contributed by atoms with E-state index in [4.69, 9.17) is 9.47 Å². The van der Waals surface area contributed by atoms with Crippen LogP contribution in [0, 0.1) is 5.41 Å². The van der Waals surface area contributed by atoms with Crippen molar-refractivity contribution in [3.63, 3.8) is 0 Å². The number of carbonyl (C=O) groups is 2. The molecule has 12 heteroatoms. The van der Waals surface area contributed by atoms with E-state index < -0.39 is 15.8 Å². The molecule has 0 atom stereocenters. The molecule has 36 heavy (non-hydrogen) atoms. The summed E-state index contributed by atoms with van der Waals surface area (Å²) in [5, 5.41) is 3.15. The first-order valence-electron chi connectivity index (χ1n) is 11.1. The normalized spacial score (nSPS) is 11.4. The molecule has 0 spiro atoms. The van der Waals surface area contributed by atoms with Crippen molar-refractivity contribution in [3.05, 3.63) is 58.0 Å². The molecule has 0 saturated heterocycles. The van der Waals surface area contributed by atoms with E-state index in [2.05, 4.69) is 22.1 Å². The van der Waals surface area contributed by atoms with E-state index in [0.29, 0.717) is 12.3 Å². The zero-order chi connectivity index (χ0) is 26.8. The molecule has 1 aromatic carbocycles. The molecule has 3 rings (SSSR count). The Hall–Kier alpha value is -2.28. The van der Waals surface area contributed by atoms with E-state index in [9.17, 15) is 18.0 Å². The number of benzene rings is 1. The highest BCUT2D eigenvalue weighted by Gasteiger charge is 2.27. The number of hydrogen-bond donors (Lipinski definition) is 0. The lowest BCUT2D eigenvalue weighted by molar-refractivity contribution is 0.0510. The Bertz CT molecular complexity index is 1230. The van der Waals surface area contributed by atoms with Crippen molar-refractivity contribution in [2.45, 2.75) is 49.1 Å². The summed E-state index contributed by atoms with van der Waals surface area (Å²) in [5.41, 5.74) is 1.34. The van der Waals surface area contributed by atoms with Gasteiger partial charge in [-0.1, -0.05) is 62.9 Å². The van der Waals surface area contributed by atoms with Gasteiger partial charge in [-0.2, -0.15) is 0 Å². The smallest absolute Gasteiger partial charge is 0.357 e. The first kappa shape index (κ1) is 29.9. The first-order chi connectivity index (χ1) is 16.9. The van der Waals surface area contributed by atoms with Gasteiger partial charge in [-0.05, 0) is 24.8 Å². The summed E-state index contributed by atoms with van der Waals surface area (Å²) < 4.78 is 34.6. The fourth-order valence-electron chi connectivity index (χ4n) is 2.67. The van der Waals surface area contributed by atoms with Crippen molar-refractivity contribution in [2.75, 3.05) is 19.0 Å². The largest absolute Gasteiger partial charge is 0.461 e. The van der Waals surface area contributed by atoms with E-state index in [0.717, 1.165) is 21.4 Å². The number of ether oxygens (including phenoxy) is 2. The molecule has 0 aliphatic heterocycles. The molecule has 0 radical (unpaired) electrons. The molecule has 0 N–H and O–H groups in total. The van der Waals surface area contributed by atoms with Crippen LogP contribution < -0.4 is 0 Å². The SMILES string of the molecule is CCOC(=O)c1csc(S(=O)(=O)CC(C)(C)C)n1.CCOC(=O)c1csc(SCc2ccccc2)n1. The molecule has 0 fully saturated rings. The minimum atomic E-state index is -3.45. The average molecular weight is 571 g/mol. The summed E-state index contributed by atoms with van der Waals surface area (Å²) in [7, 11) is -3.45. The van der Waals surface area contributed by atoms with E-state index in [-0.39, 0.29) is 33.8 Å². The van der Waals surface area contributed by atoms with Crippen LogP contribution >= 0.6 is 34.4 Å². The third-order valence-corrected chi connectivity index (χ3v) is 9.68. The van der Waals surface area contributed by atoms with Crippen LogP contribution in [0.15, 0.2) is 49.8 Å². The minimum Gasteiger partial charge on any atom is -0.461 e. The molecular formula is C24H30N2O6S4. The number of esters is 2. The lowest BCUT2D eigenvalue weighted by Gasteiger charge is -2.16. The van der Waals surface area contributed by atoms with Gasteiger partial charge in [-0.25, -0.2) is 28.0 Å². The number of hydrogen-bond acceptors (Lipinski definition) is 11. The first-order valence-corrected chi connectivity index (χ1v) is 15.5. The molecule has 0 amide bonds. The standard InChI is InChI=1S/C13H13NO2S2.C11H17NO4S2/c1-2-16-12(15)11-9-18-13(14-11)17-8-10-6-4-3-5-7-10;1-5-16-9(13)8-6-17-10(12-8)18(14,15)7-11(2,3)4/h3-7,9H,2,8H2,1H3;6H,5,7H2,1-4H3. The lowest BCUT2D eigenvalue weighted by atomic mass is 10.0. The Morgan fingerprint density at radius 3 is 2.03 bits per heavy atom. The number of thiazole rings is 2. The van der Waals surface area contributed by atoms with E-state index in [1.807, 2.05) is 39.0 Å². The van der Waals surface area contributed by atoms with Crippen molar-refractivity contribution < 1.29 is 27.5 Å². The van der Waals surface area contributed by atoms with Gasteiger partial charge in [0.2, 0.25) is 14.2 Å². The van der Waals surface area contributed by atoms with Crippen LogP contribution in [0.5, 0.6) is 0 Å². The van der Waals surface area contributed by atoms with Crippen molar-refractivity contribution in [1.29, 1.82) is 0 Å². The van der Waals surface area contributed by atoms with Crippen LogP contribution in [0.3, 0.4) is 0 Å². The van der Waals surface area contributed by atoms with Gasteiger partial charge in [0, 0.05) is 16.5 Å². The maximum atomic E-state index is 12.0. The highest BCUT2D eigenvalue weighted by atomic mass is 32.2. The Kier molecular flexibility index (Phi) is 11.5. The summed E-state index contributed by atoms with van der Waals surface area (Å²) in [5.74, 6) is -0.0851. The van der Waals surface area contributed by atoms with E-state index in [1.165, 1.54) is 22.3 Å². The van der Waals surface area contributed by atoms with Crippen molar-refractivity contribution in [3.8, 4) is 0 Å². The van der Waals surface area contributed by atoms with Crippen LogP contribution in [0.2, 0.25) is 0 Å². The Morgan fingerprint density at radius 1 is 0.917 bits per heavy atom. The number of aromatic nitrogens is 2. The molecular weight excluding hydrogens is 541 g/mol. The van der Waals surface area contributed by atoms with Crippen LogP contribution in [-0.2, 0) is 25.1 Å². The molecule has 0 bridgehead atoms. The van der Waals surface area contributed by atoms with Gasteiger partial charge in [0.1, 0.15) is 0 Å². The topological polar surface area (TPSA) is 113 Å². The average Bonchev–Trinajstić information content (AvgIpc) is 3.48. The van der Waals surface area contributed by atoms with Gasteiger partial charge in [0.15, 0.2) is 15.7 Å². The van der Waals surface area contributed by atoms with Crippen LogP contribution in [0.4, 0.5) is 0 Å². The number of carbonyl (C=O) groups excluding carboxylic acids is 2. The second-order valence-electron chi connectivity index (χ2n) is 8.53. The van der Waals surface area contributed by atoms with Crippen LogP contribution in [0.25, 0.3) is 0 Å². The van der Waals surface area contributed by atoms with Gasteiger partial charge >= 0.3 is 11.9 Å². The highest BCUT2D eigenvalue weighted by Crippen LogP contribution is 2.26. The zero-order valence-electron chi connectivity index (χ0n) is 20.8. The second kappa shape index (κ2) is 13.9. The molecule has 0 saturated carbocycles. The van der Waals surface area contributed by atoms with Crippen LogP contribution in [0.1, 0.15) is 61.2 Å². The maximum Gasteiger partial charge on any atom is 0.357 e. The summed E-state index contributed by atoms with van der Waals surface area (Å²) in [4.78, 5) is 30.9. The maximum absolute atomic E-state index is 12.0. The van der Waals surface area contributed by atoms with E-state index in [1.54, 1.807) is 31.0 Å². The van der Waals surface area contributed by atoms with Crippen LogP contribution in [-0.4, -0.2) is 49.3 Å². The van der Waals surface area contributed by atoms with Gasteiger partial charge < -0.3 is 9.47 Å². The lowest BCUT2D eigenvalue weighted by Crippen LogP contribution is -2.21. The summed E-state index contributed by atoms with van der Waals surface area (Å²) >= 11 is 4.05. The van der Waals surface area contributed by atoms with Crippen molar-refractivity contribution in [1.82, 2.24) is 9.97 Å². The van der Waals surface area contributed by atoms with E-state index >= 15 is 0 Å². The minimum absolute atomic E-state index is 0.00419. The number of rotatable bonds is 9. The highest BCUT2D eigenvalue weighted by molar-refractivity contribution is 8.00. The molecule has 3 aromatic rings. The summed E-state index contributed by atoms with van der Waals surface area (Å²) in [6.07, 6.45) is 0. The van der Waals surface area contributed by atoms with Crippen molar-refractivity contribution in [2.24, 2.45) is 5.41 Å². The number of nitrogens with zero attached hydrogens (tertiary/aromatic N) is 2. The molecule has 2 heterocycles. The molecule has 0 aliphatic rings. The molecule has 8 nitrogen and oxygen atoms in total. The molecule has 0 aliphatic carbocycles. The fourth-order valence-corrected chi connectivity index (χ4v) is 7.34. The predicted octanol–water partition coefficient (Wildman–Crippen LogP) is 5.75. The third-order valence-electron chi connectivity index (χ3n) is 4.03. The van der Waals surface area contributed by atoms with Gasteiger partial charge in [0.25, 0.3) is 0 Å². The Balaban J connectivity index is 0.000000254. The van der Waals surface area contributed by atoms with Crippen molar-refractivity contribution >= 4 is 56.2 Å². The Labute approximate surface area is 224 Å². The monoisotopic (exact) mass is 570 g/mol. The molecule has 2 aromatic heterocycles. The number of thioether (sulfide) groups is 1. The van der Waals surface area contributed by atoms with Gasteiger partial charge in [-0.3, -0.25) is 0 Å². The second-order valence-corrected chi connectivity index (χ2v) is 13.6. The zero-order valence-corrected chi connectivity index (χ0v) is 24.1. The predicted molar refractivity (Wildman–Crippen MR) is 144 cm³/mol. The third kappa shape index (κ3) is 10.00. The number of sulfone groups is 1. The molecule has 196 valence electrons. The quantitative estimate of drug-likeness (QED) is 0.234. The summed E-state index contributed by atoms with van der Waals surface area (Å²) in [6.45, 7) is 9.60. The molecule has 0 unspecified atom stereocenters. The fraction of sp³-hybridized carbons (Fsp3) is 0.417. The Morgan fingerprint density at radius 2 is 1.47 bits per heavy atom. The van der Waals surface area contributed by atoms with Gasteiger partial charge in [-0.15, -0.1) is 22.7 Å². The summed E-state index contributed by atoms with van der Waals surface area (Å²) in [6, 6.07) is 10.2.